The highest BCUT2D eigenvalue weighted by Gasteiger charge is 2.46. The molecule has 10 heteroatoms. The smallest absolute Gasteiger partial charge is 0.268 e. The Balaban J connectivity index is 1.19. The van der Waals surface area contributed by atoms with Crippen molar-refractivity contribution in [1.82, 2.24) is 24.4 Å². The van der Waals surface area contributed by atoms with Crippen molar-refractivity contribution < 1.29 is 14.0 Å². The SMILES string of the molecule is CC(=O)c1c(C2CC3CCC(C2)N3C(=O)C2=NCC(C)CC2)nc2n(c1=N)CCCC2C1C=CC(c2ncc(C)[nH]2)=C(F)C1. The molecule has 4 aliphatic heterocycles. The second kappa shape index (κ2) is 11.3. The number of fused-ring (bicyclic) bond motifs is 3. The minimum absolute atomic E-state index is 0.00586. The number of H-pyrrole nitrogens is 1. The molecule has 7 rings (SSSR count). The van der Waals surface area contributed by atoms with Crippen LogP contribution < -0.4 is 5.49 Å². The number of Topliss-reactive ketones (excluding diaryl/α,β-unsaturated/α-hetero) is 1. The first-order valence-corrected chi connectivity index (χ1v) is 16.3. The lowest BCUT2D eigenvalue weighted by Crippen LogP contribution is -2.49. The van der Waals surface area contributed by atoms with Crippen molar-refractivity contribution in [2.24, 2.45) is 16.8 Å². The molecule has 0 saturated carbocycles. The number of hydrogen-bond donors (Lipinski definition) is 2. The van der Waals surface area contributed by atoms with E-state index in [1.165, 1.54) is 6.92 Å². The summed E-state index contributed by atoms with van der Waals surface area (Å²) in [7, 11) is 0. The Morgan fingerprint density at radius 2 is 1.91 bits per heavy atom. The first-order valence-electron chi connectivity index (χ1n) is 16.3. The van der Waals surface area contributed by atoms with E-state index in [9.17, 15) is 15.0 Å². The minimum Gasteiger partial charge on any atom is -0.342 e. The van der Waals surface area contributed by atoms with Gasteiger partial charge in [-0.2, -0.15) is 0 Å². The molecule has 44 heavy (non-hydrogen) atoms. The number of aromatic amines is 1. The quantitative estimate of drug-likeness (QED) is 0.439. The van der Waals surface area contributed by atoms with Crippen LogP contribution in [0.3, 0.4) is 0 Å². The van der Waals surface area contributed by atoms with Crippen LogP contribution in [0.5, 0.6) is 0 Å². The number of allylic oxidation sites excluding steroid dienone is 4. The van der Waals surface area contributed by atoms with Crippen molar-refractivity contribution in [3.63, 3.8) is 0 Å². The van der Waals surface area contributed by atoms with Gasteiger partial charge >= 0.3 is 0 Å². The number of aliphatic imine (C=N–C) groups is 1. The lowest BCUT2D eigenvalue weighted by molar-refractivity contribution is -0.128. The Labute approximate surface area is 257 Å². The van der Waals surface area contributed by atoms with Crippen LogP contribution in [0.15, 0.2) is 29.2 Å². The summed E-state index contributed by atoms with van der Waals surface area (Å²) >= 11 is 0. The zero-order chi connectivity index (χ0) is 30.7. The van der Waals surface area contributed by atoms with Gasteiger partial charge in [0.15, 0.2) is 5.78 Å². The molecule has 0 radical (unpaired) electrons. The monoisotopic (exact) mass is 599 g/mol. The average Bonchev–Trinajstić information content (AvgIpc) is 3.55. The maximum atomic E-state index is 15.5. The number of halogens is 1. The van der Waals surface area contributed by atoms with Gasteiger partial charge in [0, 0.05) is 60.9 Å². The van der Waals surface area contributed by atoms with Crippen molar-refractivity contribution >= 4 is 23.0 Å². The van der Waals surface area contributed by atoms with Crippen LogP contribution in [0, 0.1) is 24.2 Å². The van der Waals surface area contributed by atoms with E-state index in [2.05, 4.69) is 32.9 Å². The molecule has 2 fully saturated rings. The summed E-state index contributed by atoms with van der Waals surface area (Å²) in [5, 5.41) is 9.19. The number of nitrogens with one attached hydrogen (secondary N) is 2. The van der Waals surface area contributed by atoms with E-state index in [1.807, 2.05) is 17.6 Å². The number of aromatic nitrogens is 4. The van der Waals surface area contributed by atoms with Crippen LogP contribution in [-0.2, 0) is 11.3 Å². The Bertz CT molecular complexity index is 1650. The Kier molecular flexibility index (Phi) is 7.49. The van der Waals surface area contributed by atoms with Gasteiger partial charge in [0.05, 0.1) is 17.0 Å². The summed E-state index contributed by atoms with van der Waals surface area (Å²) in [4.78, 5) is 46.1. The summed E-state index contributed by atoms with van der Waals surface area (Å²) in [5.41, 5.74) is 3.43. The molecule has 0 spiro atoms. The summed E-state index contributed by atoms with van der Waals surface area (Å²) in [6.07, 6.45) is 12.7. The third-order valence-electron chi connectivity index (χ3n) is 10.6. The van der Waals surface area contributed by atoms with E-state index in [-0.39, 0.29) is 59.3 Å². The predicted octanol–water partition coefficient (Wildman–Crippen LogP) is 5.54. The zero-order valence-electron chi connectivity index (χ0n) is 25.9. The molecule has 2 bridgehead atoms. The van der Waals surface area contributed by atoms with Crippen LogP contribution in [0.1, 0.15) is 117 Å². The van der Waals surface area contributed by atoms with Crippen molar-refractivity contribution in [1.29, 1.82) is 5.41 Å². The van der Waals surface area contributed by atoms with Gasteiger partial charge in [-0.1, -0.05) is 19.1 Å². The number of piperidine rings is 1. The highest BCUT2D eigenvalue weighted by atomic mass is 19.1. The van der Waals surface area contributed by atoms with Crippen molar-refractivity contribution in [3.8, 4) is 0 Å². The van der Waals surface area contributed by atoms with Gasteiger partial charge in [0.2, 0.25) is 0 Å². The molecule has 5 aliphatic rings. The fourth-order valence-corrected chi connectivity index (χ4v) is 8.37. The van der Waals surface area contributed by atoms with Crippen molar-refractivity contribution in [3.05, 3.63) is 58.3 Å². The van der Waals surface area contributed by atoms with Gasteiger partial charge in [0.1, 0.15) is 23.0 Å². The number of aryl methyl sites for hydroxylation is 1. The minimum atomic E-state index is -0.193. The lowest BCUT2D eigenvalue weighted by Gasteiger charge is -2.40. The topological polar surface area (TPSA) is 120 Å². The Morgan fingerprint density at radius 1 is 1.14 bits per heavy atom. The summed E-state index contributed by atoms with van der Waals surface area (Å²) < 4.78 is 17.4. The van der Waals surface area contributed by atoms with Gasteiger partial charge in [-0.15, -0.1) is 0 Å². The van der Waals surface area contributed by atoms with E-state index in [4.69, 9.17) is 4.98 Å². The van der Waals surface area contributed by atoms with Gasteiger partial charge in [-0.05, 0) is 77.0 Å². The van der Waals surface area contributed by atoms with Crippen LogP contribution in [0.4, 0.5) is 4.39 Å². The summed E-state index contributed by atoms with van der Waals surface area (Å²) in [6, 6.07) is 0.181. The van der Waals surface area contributed by atoms with Gasteiger partial charge in [-0.25, -0.2) is 14.4 Å². The van der Waals surface area contributed by atoms with E-state index in [1.54, 1.807) is 6.20 Å². The van der Waals surface area contributed by atoms with Crippen LogP contribution >= 0.6 is 0 Å². The Morgan fingerprint density at radius 3 is 2.55 bits per heavy atom. The summed E-state index contributed by atoms with van der Waals surface area (Å²) in [5.74, 6) is 1.45. The van der Waals surface area contributed by atoms with E-state index in [0.29, 0.717) is 35.1 Å². The molecule has 2 N–H and O–H groups in total. The van der Waals surface area contributed by atoms with Crippen molar-refractivity contribution in [2.45, 2.75) is 109 Å². The number of rotatable bonds is 5. The third-order valence-corrected chi connectivity index (χ3v) is 10.6. The fraction of sp³-hybridized carbons (Fsp3) is 0.588. The average molecular weight is 600 g/mol. The molecule has 2 saturated heterocycles. The number of nitrogens with zero attached hydrogens (tertiary/aromatic N) is 5. The van der Waals surface area contributed by atoms with E-state index >= 15 is 4.39 Å². The molecule has 2 aromatic rings. The molecule has 6 heterocycles. The predicted molar refractivity (Wildman–Crippen MR) is 165 cm³/mol. The number of ketones is 1. The molecular formula is C34H42FN7O2. The van der Waals surface area contributed by atoms with Gasteiger partial charge in [0.25, 0.3) is 5.91 Å². The largest absolute Gasteiger partial charge is 0.342 e. The third kappa shape index (κ3) is 5.00. The lowest BCUT2D eigenvalue weighted by atomic mass is 9.79. The first kappa shape index (κ1) is 29.0. The maximum Gasteiger partial charge on any atom is 0.268 e. The van der Waals surface area contributed by atoms with Crippen LogP contribution in [-0.4, -0.2) is 60.4 Å². The molecule has 1 amide bonds. The normalized spacial score (nSPS) is 29.9. The molecule has 5 unspecified atom stereocenters. The van der Waals surface area contributed by atoms with Gasteiger partial charge < -0.3 is 14.5 Å². The molecular weight excluding hydrogens is 557 g/mol. The number of amides is 1. The second-order valence-corrected chi connectivity index (χ2v) is 13.7. The molecule has 2 aromatic heterocycles. The van der Waals surface area contributed by atoms with Crippen LogP contribution in [0.2, 0.25) is 0 Å². The molecule has 9 nitrogen and oxygen atoms in total. The molecule has 232 valence electrons. The molecule has 1 aliphatic carbocycles. The Hall–Kier alpha value is -3.69. The van der Waals surface area contributed by atoms with Crippen LogP contribution in [0.25, 0.3) is 5.57 Å². The molecule has 5 atom stereocenters. The van der Waals surface area contributed by atoms with Gasteiger partial charge in [-0.3, -0.25) is 20.0 Å². The maximum absolute atomic E-state index is 15.5. The molecule has 0 aromatic carbocycles. The van der Waals surface area contributed by atoms with E-state index in [0.717, 1.165) is 75.1 Å². The number of carbonyl (C=O) groups excluding carboxylic acids is 2. The number of imidazole rings is 1. The highest BCUT2D eigenvalue weighted by molar-refractivity contribution is 6.39. The number of hydrogen-bond acceptors (Lipinski definition) is 6. The number of carbonyl (C=O) groups is 2. The fourth-order valence-electron chi connectivity index (χ4n) is 8.37. The van der Waals surface area contributed by atoms with Crippen molar-refractivity contribution in [2.75, 3.05) is 6.54 Å². The first-order chi connectivity index (χ1) is 21.2. The highest BCUT2D eigenvalue weighted by Crippen LogP contribution is 2.45. The van der Waals surface area contributed by atoms with E-state index < -0.39 is 0 Å². The second-order valence-electron chi connectivity index (χ2n) is 13.7. The standard InChI is InChI=1S/C34H42FN7O2/c1-18-6-11-28(37-16-18)34(44)42-23-8-9-24(42)14-22(13-23)30-29(20(3)43)31(36)41-12-4-5-25(33(41)40-30)21-7-10-26(27(35)15-21)32-38-17-19(2)39-32/h7,10,17-18,21-25,36H,4-6,8-9,11-16H2,1-3H3,(H,38,39). The summed E-state index contributed by atoms with van der Waals surface area (Å²) in [6.45, 7) is 6.96. The zero-order valence-corrected chi connectivity index (χ0v) is 25.9.